The van der Waals surface area contributed by atoms with Gasteiger partial charge in [-0.05, 0) is 86.0 Å². The summed E-state index contributed by atoms with van der Waals surface area (Å²) in [7, 11) is 0. The van der Waals surface area contributed by atoms with Gasteiger partial charge in [-0.2, -0.15) is 0 Å². The highest BCUT2D eigenvalue weighted by molar-refractivity contribution is 8.05. The van der Waals surface area contributed by atoms with Crippen molar-refractivity contribution in [1.29, 1.82) is 0 Å². The van der Waals surface area contributed by atoms with E-state index in [1.165, 1.54) is 62.8 Å². The van der Waals surface area contributed by atoms with E-state index in [9.17, 15) is 0 Å². The number of dihydropyridines is 1. The minimum absolute atomic E-state index is 0.356. The average Bonchev–Trinajstić information content (AvgIpc) is 3.19. The molecule has 4 heteroatoms. The van der Waals surface area contributed by atoms with E-state index in [1.807, 2.05) is 0 Å². The lowest BCUT2D eigenvalue weighted by Crippen LogP contribution is -2.63. The molecule has 3 atom stereocenters. The highest BCUT2D eigenvalue weighted by atomic mass is 32.2. The molecule has 0 aromatic heterocycles. The minimum Gasteiger partial charge on any atom is -0.381 e. The number of aryl methyl sites for hydroxylation is 1. The quantitative estimate of drug-likeness (QED) is 0.680. The van der Waals surface area contributed by atoms with Crippen LogP contribution in [0.4, 0.5) is 0 Å². The number of hydrogen-bond donors (Lipinski definition) is 2. The molecule has 3 aliphatic carbocycles. The SMILES string of the molecule is C1=C(CC2CCc3ccccc32)C2=C(NC1)SC1(C3(NC4CCOCC4)CCC3)CC21. The Labute approximate surface area is 190 Å². The van der Waals surface area contributed by atoms with Crippen LogP contribution in [0.15, 0.2) is 46.5 Å². The number of ether oxygens (including phenoxy) is 1. The normalized spacial score (nSPS) is 35.5. The Morgan fingerprint density at radius 1 is 1.13 bits per heavy atom. The molecule has 3 unspecified atom stereocenters. The Balaban J connectivity index is 1.12. The molecule has 0 amide bonds. The van der Waals surface area contributed by atoms with Gasteiger partial charge in [0, 0.05) is 42.0 Å². The largest absolute Gasteiger partial charge is 0.381 e. The monoisotopic (exact) mass is 434 g/mol. The third-order valence-corrected chi connectivity index (χ3v) is 11.0. The molecule has 3 fully saturated rings. The number of nitrogens with one attached hydrogen (secondary N) is 2. The molecular formula is C27H34N2OS. The maximum atomic E-state index is 5.64. The molecule has 1 aromatic carbocycles. The van der Waals surface area contributed by atoms with Gasteiger partial charge in [-0.3, -0.25) is 0 Å². The van der Waals surface area contributed by atoms with Gasteiger partial charge in [0.2, 0.25) is 0 Å². The van der Waals surface area contributed by atoms with Crippen molar-refractivity contribution in [3.05, 3.63) is 57.6 Å². The lowest BCUT2D eigenvalue weighted by Gasteiger charge is -2.51. The van der Waals surface area contributed by atoms with Gasteiger partial charge in [0.15, 0.2) is 0 Å². The Hall–Kier alpha value is -1.23. The molecular weight excluding hydrogens is 400 g/mol. The molecule has 1 aromatic rings. The Morgan fingerprint density at radius 3 is 2.84 bits per heavy atom. The van der Waals surface area contributed by atoms with Crippen LogP contribution < -0.4 is 10.6 Å². The zero-order valence-corrected chi connectivity index (χ0v) is 19.2. The molecule has 3 heterocycles. The van der Waals surface area contributed by atoms with E-state index < -0.39 is 0 Å². The van der Waals surface area contributed by atoms with Crippen molar-refractivity contribution in [2.75, 3.05) is 19.8 Å². The Bertz CT molecular complexity index is 958. The molecule has 3 nitrogen and oxygen atoms in total. The van der Waals surface area contributed by atoms with E-state index in [0.717, 1.165) is 25.7 Å². The molecule has 1 saturated heterocycles. The second-order valence-corrected chi connectivity index (χ2v) is 12.0. The zero-order chi connectivity index (χ0) is 20.5. The van der Waals surface area contributed by atoms with Gasteiger partial charge in [-0.1, -0.05) is 42.1 Å². The number of fused-ring (bicyclic) bond motifs is 3. The summed E-state index contributed by atoms with van der Waals surface area (Å²) in [6.07, 6.45) is 14.2. The smallest absolute Gasteiger partial charge is 0.0728 e. The molecule has 0 bridgehead atoms. The summed E-state index contributed by atoms with van der Waals surface area (Å²) in [5, 5.41) is 9.54. The molecule has 2 saturated carbocycles. The standard InChI is InChI=1S/C27H34N2OS/c1-2-5-22-18(4-1)6-7-19(22)16-20-8-13-28-25-24(20)23-17-27(23,31-25)26(11-3-12-26)29-21-9-14-30-15-10-21/h1-2,4-5,8,19,21,23,28-29H,3,6-7,9-17H2. The van der Waals surface area contributed by atoms with E-state index in [4.69, 9.17) is 4.74 Å². The van der Waals surface area contributed by atoms with Gasteiger partial charge >= 0.3 is 0 Å². The Morgan fingerprint density at radius 2 is 2.00 bits per heavy atom. The maximum absolute atomic E-state index is 5.64. The second kappa shape index (κ2) is 7.13. The summed E-state index contributed by atoms with van der Waals surface area (Å²) in [6.45, 7) is 2.88. The molecule has 31 heavy (non-hydrogen) atoms. The van der Waals surface area contributed by atoms with Crippen LogP contribution in [0, 0.1) is 5.92 Å². The van der Waals surface area contributed by atoms with Crippen molar-refractivity contribution < 1.29 is 4.74 Å². The summed E-state index contributed by atoms with van der Waals surface area (Å²) in [6, 6.07) is 9.83. The van der Waals surface area contributed by atoms with Gasteiger partial charge in [-0.15, -0.1) is 0 Å². The molecule has 3 aliphatic heterocycles. The minimum atomic E-state index is 0.356. The van der Waals surface area contributed by atoms with Crippen LogP contribution in [0.2, 0.25) is 0 Å². The van der Waals surface area contributed by atoms with Gasteiger partial charge in [0.1, 0.15) is 0 Å². The van der Waals surface area contributed by atoms with Crippen molar-refractivity contribution in [3.8, 4) is 0 Å². The van der Waals surface area contributed by atoms with Crippen LogP contribution in [0.3, 0.4) is 0 Å². The fourth-order valence-corrected chi connectivity index (χ4v) is 9.23. The molecule has 7 rings (SSSR count). The Kier molecular flexibility index (Phi) is 4.43. The van der Waals surface area contributed by atoms with Crippen LogP contribution in [0.1, 0.15) is 68.4 Å². The molecule has 0 spiro atoms. The van der Waals surface area contributed by atoms with E-state index in [0.29, 0.717) is 22.2 Å². The van der Waals surface area contributed by atoms with E-state index >= 15 is 0 Å². The third-order valence-electron chi connectivity index (χ3n) is 9.19. The predicted octanol–water partition coefficient (Wildman–Crippen LogP) is 5.04. The zero-order valence-electron chi connectivity index (χ0n) is 18.4. The van der Waals surface area contributed by atoms with Gasteiger partial charge in [-0.25, -0.2) is 0 Å². The fourth-order valence-electron chi connectivity index (χ4n) is 7.36. The van der Waals surface area contributed by atoms with Crippen LogP contribution >= 0.6 is 11.8 Å². The number of allylic oxidation sites excluding steroid dienone is 2. The first-order chi connectivity index (χ1) is 15.3. The van der Waals surface area contributed by atoms with Crippen LogP contribution in [-0.2, 0) is 11.2 Å². The van der Waals surface area contributed by atoms with E-state index in [-0.39, 0.29) is 0 Å². The van der Waals surface area contributed by atoms with Gasteiger partial charge in [0.05, 0.1) is 5.03 Å². The van der Waals surface area contributed by atoms with Crippen molar-refractivity contribution in [2.24, 2.45) is 5.92 Å². The van der Waals surface area contributed by atoms with E-state index in [2.05, 4.69) is 52.7 Å². The highest BCUT2D eigenvalue weighted by Crippen LogP contribution is 2.75. The van der Waals surface area contributed by atoms with Crippen molar-refractivity contribution in [1.82, 2.24) is 10.6 Å². The fraction of sp³-hybridized carbons (Fsp3) is 0.630. The van der Waals surface area contributed by atoms with Crippen LogP contribution in [-0.4, -0.2) is 36.1 Å². The van der Waals surface area contributed by atoms with E-state index in [1.54, 1.807) is 22.3 Å². The number of benzene rings is 1. The number of hydrogen-bond acceptors (Lipinski definition) is 4. The maximum Gasteiger partial charge on any atom is 0.0728 e. The summed E-state index contributed by atoms with van der Waals surface area (Å²) >= 11 is 2.22. The third kappa shape index (κ3) is 2.87. The lowest BCUT2D eigenvalue weighted by molar-refractivity contribution is 0.0517. The van der Waals surface area contributed by atoms with Crippen molar-refractivity contribution in [2.45, 2.75) is 80.0 Å². The first kappa shape index (κ1) is 19.3. The predicted molar refractivity (Wildman–Crippen MR) is 127 cm³/mol. The second-order valence-electron chi connectivity index (χ2n) is 10.7. The molecule has 164 valence electrons. The molecule has 6 aliphatic rings. The summed E-state index contributed by atoms with van der Waals surface area (Å²) in [4.78, 5) is 0. The lowest BCUT2D eigenvalue weighted by atomic mass is 9.70. The first-order valence-electron chi connectivity index (χ1n) is 12.6. The molecule has 2 N–H and O–H groups in total. The number of rotatable bonds is 5. The van der Waals surface area contributed by atoms with Gasteiger partial charge < -0.3 is 15.4 Å². The van der Waals surface area contributed by atoms with Crippen LogP contribution in [0.5, 0.6) is 0 Å². The summed E-state index contributed by atoms with van der Waals surface area (Å²) in [5.41, 5.74) is 6.95. The molecule has 0 radical (unpaired) electrons. The first-order valence-corrected chi connectivity index (χ1v) is 13.4. The number of thioether (sulfide) groups is 1. The average molecular weight is 435 g/mol. The summed E-state index contributed by atoms with van der Waals surface area (Å²) in [5.74, 6) is 1.47. The van der Waals surface area contributed by atoms with Crippen molar-refractivity contribution in [3.63, 3.8) is 0 Å². The van der Waals surface area contributed by atoms with Crippen molar-refractivity contribution >= 4 is 11.8 Å². The topological polar surface area (TPSA) is 33.3 Å². The highest BCUT2D eigenvalue weighted by Gasteiger charge is 2.73. The van der Waals surface area contributed by atoms with Gasteiger partial charge in [0.25, 0.3) is 0 Å². The summed E-state index contributed by atoms with van der Waals surface area (Å²) < 4.78 is 6.05. The van der Waals surface area contributed by atoms with Crippen LogP contribution in [0.25, 0.3) is 0 Å².